The lowest BCUT2D eigenvalue weighted by Crippen LogP contribution is -2.52. The Hall–Kier alpha value is -2.89. The van der Waals surface area contributed by atoms with Crippen LogP contribution in [0.2, 0.25) is 0 Å². The molecule has 6 heteroatoms. The van der Waals surface area contributed by atoms with Gasteiger partial charge in [-0.1, -0.05) is 32.0 Å². The lowest BCUT2D eigenvalue weighted by Gasteiger charge is -2.47. The van der Waals surface area contributed by atoms with Gasteiger partial charge in [-0.05, 0) is 36.1 Å². The van der Waals surface area contributed by atoms with E-state index in [1.165, 1.54) is 0 Å². The number of nitrogens with one attached hydrogen (secondary N) is 1. The SMILES string of the molecule is CC(C)CNC(=O)CC1CC2(CCN(C(=O)c3ccncc3)CC2)Oc2ccccc21. The van der Waals surface area contributed by atoms with Gasteiger partial charge < -0.3 is 15.0 Å². The van der Waals surface area contributed by atoms with Gasteiger partial charge in [0.25, 0.3) is 5.91 Å². The number of hydrogen-bond donors (Lipinski definition) is 1. The van der Waals surface area contributed by atoms with Crippen LogP contribution in [0.1, 0.15) is 61.4 Å². The molecule has 4 rings (SSSR count). The zero-order valence-corrected chi connectivity index (χ0v) is 18.3. The number of para-hydroxylation sites is 1. The van der Waals surface area contributed by atoms with Gasteiger partial charge in [0.05, 0.1) is 0 Å². The molecular weight excluding hydrogens is 390 g/mol. The van der Waals surface area contributed by atoms with Gasteiger partial charge in [0, 0.05) is 62.8 Å². The first-order valence-electron chi connectivity index (χ1n) is 11.2. The number of pyridine rings is 1. The van der Waals surface area contributed by atoms with Gasteiger partial charge in [-0.2, -0.15) is 0 Å². The smallest absolute Gasteiger partial charge is 0.253 e. The highest BCUT2D eigenvalue weighted by atomic mass is 16.5. The van der Waals surface area contributed by atoms with Crippen molar-refractivity contribution in [3.05, 3.63) is 59.9 Å². The van der Waals surface area contributed by atoms with Gasteiger partial charge in [0.1, 0.15) is 11.4 Å². The quantitative estimate of drug-likeness (QED) is 0.797. The van der Waals surface area contributed by atoms with Gasteiger partial charge in [0.2, 0.25) is 5.91 Å². The first-order chi connectivity index (χ1) is 15.0. The number of nitrogens with zero attached hydrogens (tertiary/aromatic N) is 2. The molecule has 164 valence electrons. The maximum atomic E-state index is 12.8. The van der Waals surface area contributed by atoms with E-state index >= 15 is 0 Å². The second kappa shape index (κ2) is 9.08. The molecule has 1 aromatic carbocycles. The number of carbonyl (C=O) groups is 2. The zero-order valence-electron chi connectivity index (χ0n) is 18.3. The summed E-state index contributed by atoms with van der Waals surface area (Å²) in [7, 11) is 0. The van der Waals surface area contributed by atoms with E-state index in [1.807, 2.05) is 23.1 Å². The third kappa shape index (κ3) is 4.89. The molecule has 2 aromatic rings. The van der Waals surface area contributed by atoms with Crippen LogP contribution in [0.25, 0.3) is 0 Å². The largest absolute Gasteiger partial charge is 0.487 e. The average Bonchev–Trinajstić information content (AvgIpc) is 2.78. The predicted octanol–water partition coefficient (Wildman–Crippen LogP) is 3.79. The highest BCUT2D eigenvalue weighted by Gasteiger charge is 2.44. The molecule has 2 aliphatic heterocycles. The van der Waals surface area contributed by atoms with Crippen molar-refractivity contribution in [2.45, 2.75) is 51.0 Å². The molecule has 1 fully saturated rings. The molecule has 1 aromatic heterocycles. The van der Waals surface area contributed by atoms with E-state index in [9.17, 15) is 9.59 Å². The van der Waals surface area contributed by atoms with Crippen molar-refractivity contribution in [1.82, 2.24) is 15.2 Å². The Balaban J connectivity index is 1.46. The van der Waals surface area contributed by atoms with Crippen molar-refractivity contribution in [2.75, 3.05) is 19.6 Å². The average molecular weight is 422 g/mol. The standard InChI is InChI=1S/C25H31N3O3/c1-18(2)17-27-23(29)15-20-16-25(31-22-6-4-3-5-21(20)22)9-13-28(14-10-25)24(30)19-7-11-26-12-8-19/h3-8,11-12,18,20H,9-10,13-17H2,1-2H3,(H,27,29). The Morgan fingerprint density at radius 1 is 1.16 bits per heavy atom. The minimum atomic E-state index is -0.327. The Morgan fingerprint density at radius 2 is 1.87 bits per heavy atom. The van der Waals surface area contributed by atoms with E-state index < -0.39 is 0 Å². The van der Waals surface area contributed by atoms with E-state index in [4.69, 9.17) is 4.74 Å². The number of rotatable bonds is 5. The number of hydrogen-bond acceptors (Lipinski definition) is 4. The number of carbonyl (C=O) groups excluding carboxylic acids is 2. The van der Waals surface area contributed by atoms with Crippen molar-refractivity contribution >= 4 is 11.8 Å². The fourth-order valence-corrected chi connectivity index (χ4v) is 4.64. The summed E-state index contributed by atoms with van der Waals surface area (Å²) >= 11 is 0. The molecule has 1 spiro atoms. The zero-order chi connectivity index (χ0) is 21.8. The third-order valence-electron chi connectivity index (χ3n) is 6.33. The van der Waals surface area contributed by atoms with Crippen LogP contribution in [0.5, 0.6) is 5.75 Å². The van der Waals surface area contributed by atoms with Crippen LogP contribution in [0, 0.1) is 5.92 Å². The number of amides is 2. The summed E-state index contributed by atoms with van der Waals surface area (Å²) < 4.78 is 6.52. The van der Waals surface area contributed by atoms with Crippen molar-refractivity contribution < 1.29 is 14.3 Å². The number of piperidine rings is 1. The number of fused-ring (bicyclic) bond motifs is 1. The van der Waals surface area contributed by atoms with Gasteiger partial charge in [-0.3, -0.25) is 14.6 Å². The maximum absolute atomic E-state index is 12.8. The van der Waals surface area contributed by atoms with Crippen LogP contribution in [0.4, 0.5) is 0 Å². The summed E-state index contributed by atoms with van der Waals surface area (Å²) in [5.74, 6) is 1.57. The Morgan fingerprint density at radius 3 is 2.58 bits per heavy atom. The third-order valence-corrected chi connectivity index (χ3v) is 6.33. The molecule has 1 N–H and O–H groups in total. The fraction of sp³-hybridized carbons (Fsp3) is 0.480. The maximum Gasteiger partial charge on any atom is 0.253 e. The van der Waals surface area contributed by atoms with Gasteiger partial charge in [-0.15, -0.1) is 0 Å². The first-order valence-corrected chi connectivity index (χ1v) is 11.2. The Labute approximate surface area is 184 Å². The molecule has 6 nitrogen and oxygen atoms in total. The summed E-state index contributed by atoms with van der Waals surface area (Å²) in [6.45, 7) is 6.19. The van der Waals surface area contributed by atoms with E-state index in [2.05, 4.69) is 30.2 Å². The van der Waals surface area contributed by atoms with Crippen LogP contribution in [-0.4, -0.2) is 46.9 Å². The molecule has 0 bridgehead atoms. The van der Waals surface area contributed by atoms with Gasteiger partial charge in [-0.25, -0.2) is 0 Å². The number of benzene rings is 1. The minimum Gasteiger partial charge on any atom is -0.487 e. The molecule has 0 saturated carbocycles. The van der Waals surface area contributed by atoms with E-state index in [1.54, 1.807) is 24.5 Å². The number of likely N-dealkylation sites (tertiary alicyclic amines) is 1. The summed E-state index contributed by atoms with van der Waals surface area (Å²) in [4.78, 5) is 31.3. The number of aromatic nitrogens is 1. The monoisotopic (exact) mass is 421 g/mol. The van der Waals surface area contributed by atoms with Crippen molar-refractivity contribution in [1.29, 1.82) is 0 Å². The molecule has 1 unspecified atom stereocenters. The highest BCUT2D eigenvalue weighted by Crippen LogP contribution is 2.46. The van der Waals surface area contributed by atoms with Gasteiger partial charge in [0.15, 0.2) is 0 Å². The second-order valence-corrected chi connectivity index (χ2v) is 9.15. The molecule has 2 amide bonds. The molecule has 31 heavy (non-hydrogen) atoms. The summed E-state index contributed by atoms with van der Waals surface area (Å²) in [5, 5.41) is 3.05. The second-order valence-electron chi connectivity index (χ2n) is 9.15. The van der Waals surface area contributed by atoms with Crippen LogP contribution in [0.3, 0.4) is 0 Å². The van der Waals surface area contributed by atoms with Crippen LogP contribution in [-0.2, 0) is 4.79 Å². The fourth-order valence-electron chi connectivity index (χ4n) is 4.64. The lowest BCUT2D eigenvalue weighted by molar-refractivity contribution is -0.122. The van der Waals surface area contributed by atoms with Crippen molar-refractivity contribution in [2.24, 2.45) is 5.92 Å². The number of ether oxygens (including phenoxy) is 1. The molecule has 2 aliphatic rings. The molecule has 3 heterocycles. The molecule has 1 atom stereocenters. The normalized spacial score (nSPS) is 19.6. The molecule has 0 aliphatic carbocycles. The molecule has 1 saturated heterocycles. The van der Waals surface area contributed by atoms with E-state index in [0.29, 0.717) is 37.5 Å². The minimum absolute atomic E-state index is 0.0399. The van der Waals surface area contributed by atoms with Crippen LogP contribution >= 0.6 is 0 Å². The van der Waals surface area contributed by atoms with Crippen LogP contribution in [0.15, 0.2) is 48.8 Å². The Kier molecular flexibility index (Phi) is 6.25. The highest BCUT2D eigenvalue weighted by molar-refractivity contribution is 5.94. The Bertz CT molecular complexity index is 921. The van der Waals surface area contributed by atoms with E-state index in [-0.39, 0.29) is 23.3 Å². The van der Waals surface area contributed by atoms with E-state index in [0.717, 1.165) is 30.6 Å². The van der Waals surface area contributed by atoms with Crippen molar-refractivity contribution in [3.8, 4) is 5.75 Å². The predicted molar refractivity (Wildman–Crippen MR) is 119 cm³/mol. The summed E-state index contributed by atoms with van der Waals surface area (Å²) in [6.07, 6.45) is 6.10. The first kappa shape index (κ1) is 21.3. The lowest BCUT2D eigenvalue weighted by atomic mass is 9.76. The molecule has 0 radical (unpaired) electrons. The molecular formula is C25H31N3O3. The summed E-state index contributed by atoms with van der Waals surface area (Å²) in [6, 6.07) is 11.6. The van der Waals surface area contributed by atoms with Crippen LogP contribution < -0.4 is 10.1 Å². The topological polar surface area (TPSA) is 71.5 Å². The van der Waals surface area contributed by atoms with Gasteiger partial charge >= 0.3 is 0 Å². The summed E-state index contributed by atoms with van der Waals surface area (Å²) in [5.41, 5.74) is 1.45. The van der Waals surface area contributed by atoms with Crippen molar-refractivity contribution in [3.63, 3.8) is 0 Å².